The summed E-state index contributed by atoms with van der Waals surface area (Å²) in [5.41, 5.74) is 4.61. The molecule has 3 aromatic carbocycles. The number of nitrogens with zero attached hydrogens (tertiary/aromatic N) is 1. The highest BCUT2D eigenvalue weighted by molar-refractivity contribution is 5.76. The molecule has 1 aromatic heterocycles. The Morgan fingerprint density at radius 2 is 1.82 bits per heavy atom. The van der Waals surface area contributed by atoms with E-state index < -0.39 is 0 Å². The van der Waals surface area contributed by atoms with E-state index in [-0.39, 0.29) is 11.5 Å². The Hall–Kier alpha value is -3.41. The zero-order valence-corrected chi connectivity index (χ0v) is 18.7. The number of ether oxygens (including phenoxy) is 2. The van der Waals surface area contributed by atoms with E-state index >= 15 is 0 Å². The van der Waals surface area contributed by atoms with Crippen molar-refractivity contribution in [2.45, 2.75) is 26.1 Å². The zero-order chi connectivity index (χ0) is 22.6. The lowest BCUT2D eigenvalue weighted by molar-refractivity contribution is 0.0912. The monoisotopic (exact) mass is 441 g/mol. The van der Waals surface area contributed by atoms with Crippen LogP contribution < -0.4 is 10.2 Å². The lowest BCUT2D eigenvalue weighted by atomic mass is 9.98. The number of benzene rings is 3. The topological polar surface area (TPSA) is 51.9 Å². The highest BCUT2D eigenvalue weighted by Crippen LogP contribution is 2.32. The van der Waals surface area contributed by atoms with E-state index in [0.717, 1.165) is 29.0 Å². The fourth-order valence-electron chi connectivity index (χ4n) is 4.41. The molecule has 168 valence electrons. The van der Waals surface area contributed by atoms with Crippen molar-refractivity contribution < 1.29 is 13.9 Å². The molecule has 5 heteroatoms. The minimum atomic E-state index is -0.134. The van der Waals surface area contributed by atoms with Crippen molar-refractivity contribution in [2.24, 2.45) is 0 Å². The third-order valence-electron chi connectivity index (χ3n) is 6.03. The Morgan fingerprint density at radius 3 is 2.67 bits per heavy atom. The van der Waals surface area contributed by atoms with Crippen molar-refractivity contribution in [2.75, 3.05) is 19.8 Å². The van der Waals surface area contributed by atoms with Gasteiger partial charge in [0.05, 0.1) is 11.6 Å². The summed E-state index contributed by atoms with van der Waals surface area (Å²) in [5, 5.41) is 0.617. The molecule has 1 unspecified atom stereocenters. The normalized spacial score (nSPS) is 14.9. The molecular formula is C28H27NO4. The van der Waals surface area contributed by atoms with Gasteiger partial charge in [0.1, 0.15) is 24.0 Å². The fourth-order valence-corrected chi connectivity index (χ4v) is 4.41. The summed E-state index contributed by atoms with van der Waals surface area (Å²) in [7, 11) is 0. The average molecular weight is 442 g/mol. The molecule has 5 rings (SSSR count). The predicted octanol–water partition coefficient (Wildman–Crippen LogP) is 5.31. The Morgan fingerprint density at radius 1 is 1.00 bits per heavy atom. The van der Waals surface area contributed by atoms with Gasteiger partial charge < -0.3 is 13.9 Å². The van der Waals surface area contributed by atoms with E-state index in [9.17, 15) is 4.79 Å². The number of para-hydroxylation sites is 1. The first-order valence-electron chi connectivity index (χ1n) is 11.4. The maximum absolute atomic E-state index is 13.0. The maximum atomic E-state index is 13.0. The lowest BCUT2D eigenvalue weighted by Gasteiger charge is -2.21. The number of hydrogen-bond donors (Lipinski definition) is 0. The van der Waals surface area contributed by atoms with Crippen molar-refractivity contribution in [1.82, 2.24) is 4.90 Å². The van der Waals surface area contributed by atoms with Gasteiger partial charge in [0.15, 0.2) is 5.43 Å². The molecule has 0 aliphatic carbocycles. The Bertz CT molecular complexity index is 1300. The second kappa shape index (κ2) is 9.61. The molecule has 33 heavy (non-hydrogen) atoms. The summed E-state index contributed by atoms with van der Waals surface area (Å²) in [6.07, 6.45) is 1.46. The Kier molecular flexibility index (Phi) is 6.24. The van der Waals surface area contributed by atoms with Gasteiger partial charge in [-0.2, -0.15) is 0 Å². The highest BCUT2D eigenvalue weighted by Gasteiger charge is 2.21. The molecule has 0 saturated heterocycles. The molecule has 0 spiro atoms. The summed E-state index contributed by atoms with van der Waals surface area (Å²) in [6.45, 7) is 5.12. The Balaban J connectivity index is 1.42. The predicted molar refractivity (Wildman–Crippen MR) is 128 cm³/mol. The van der Waals surface area contributed by atoms with Gasteiger partial charge in [0.2, 0.25) is 0 Å². The first kappa shape index (κ1) is 21.4. The first-order valence-corrected chi connectivity index (χ1v) is 11.4. The minimum absolute atomic E-state index is 0.0245. The van der Waals surface area contributed by atoms with Gasteiger partial charge in [-0.1, -0.05) is 48.5 Å². The quantitative estimate of drug-likeness (QED) is 0.406. The highest BCUT2D eigenvalue weighted by atomic mass is 16.5. The first-order chi connectivity index (χ1) is 16.2. The summed E-state index contributed by atoms with van der Waals surface area (Å²) < 4.78 is 17.9. The van der Waals surface area contributed by atoms with Gasteiger partial charge in [-0.3, -0.25) is 9.69 Å². The van der Waals surface area contributed by atoms with Crippen molar-refractivity contribution in [3.63, 3.8) is 0 Å². The van der Waals surface area contributed by atoms with Crippen molar-refractivity contribution >= 4 is 11.0 Å². The molecule has 0 saturated carbocycles. The molecule has 5 nitrogen and oxygen atoms in total. The maximum Gasteiger partial charge on any atom is 0.197 e. The molecule has 1 aliphatic rings. The molecule has 2 heterocycles. The number of fused-ring (bicyclic) bond motifs is 2. The van der Waals surface area contributed by atoms with E-state index in [0.29, 0.717) is 42.8 Å². The van der Waals surface area contributed by atoms with Gasteiger partial charge >= 0.3 is 0 Å². The molecule has 0 bridgehead atoms. The lowest BCUT2D eigenvalue weighted by Crippen LogP contribution is -2.28. The number of rotatable bonds is 6. The summed E-state index contributed by atoms with van der Waals surface area (Å²) >= 11 is 0. The van der Waals surface area contributed by atoms with Crippen LogP contribution in [0.3, 0.4) is 0 Å². The molecule has 4 aromatic rings. The van der Waals surface area contributed by atoms with E-state index in [1.807, 2.05) is 55.5 Å². The molecule has 0 fully saturated rings. The van der Waals surface area contributed by atoms with Crippen LogP contribution in [0.4, 0.5) is 0 Å². The van der Waals surface area contributed by atoms with E-state index in [1.54, 1.807) is 6.26 Å². The third-order valence-corrected chi connectivity index (χ3v) is 6.03. The summed E-state index contributed by atoms with van der Waals surface area (Å²) in [4.78, 5) is 15.2. The van der Waals surface area contributed by atoms with Crippen LogP contribution in [0.5, 0.6) is 5.75 Å². The summed E-state index contributed by atoms with van der Waals surface area (Å²) in [5.74, 6) is 0.884. The van der Waals surface area contributed by atoms with E-state index in [2.05, 4.69) is 29.2 Å². The van der Waals surface area contributed by atoms with Crippen LogP contribution in [0.25, 0.3) is 11.0 Å². The Labute approximate surface area is 193 Å². The van der Waals surface area contributed by atoms with Crippen molar-refractivity contribution in [3.05, 3.63) is 112 Å². The standard InChI is InChI=1S/C28H27NO4/c1-2-31-28(20-8-4-3-5-9-20)21-12-13-25-22(16-21)17-29(14-15-32-25)18-23-19-33-26-11-7-6-10-24(26)27(23)30/h3-13,16,19,28H,2,14-15,17-18H2,1H3. The summed E-state index contributed by atoms with van der Waals surface area (Å²) in [6, 6.07) is 23.9. The smallest absolute Gasteiger partial charge is 0.197 e. The van der Waals surface area contributed by atoms with Crippen LogP contribution >= 0.6 is 0 Å². The molecule has 0 amide bonds. The van der Waals surface area contributed by atoms with Gasteiger partial charge in [-0.05, 0) is 42.3 Å². The van der Waals surface area contributed by atoms with Crippen LogP contribution in [0, 0.1) is 0 Å². The molecule has 0 radical (unpaired) electrons. The van der Waals surface area contributed by atoms with Gasteiger partial charge in [-0.15, -0.1) is 0 Å². The average Bonchev–Trinajstić information content (AvgIpc) is 3.06. The van der Waals surface area contributed by atoms with Crippen LogP contribution in [0.15, 0.2) is 88.3 Å². The fraction of sp³-hybridized carbons (Fsp3) is 0.250. The molecule has 1 atom stereocenters. The van der Waals surface area contributed by atoms with Crippen molar-refractivity contribution in [1.29, 1.82) is 0 Å². The SMILES string of the molecule is CCOC(c1ccccc1)c1ccc2c(c1)CN(Cc1coc3ccccc3c1=O)CCO2. The number of hydrogen-bond acceptors (Lipinski definition) is 5. The second-order valence-electron chi connectivity index (χ2n) is 8.26. The third kappa shape index (κ3) is 4.56. The van der Waals surface area contributed by atoms with E-state index in [1.165, 1.54) is 0 Å². The van der Waals surface area contributed by atoms with Crippen LogP contribution in [0.2, 0.25) is 0 Å². The molecule has 1 aliphatic heterocycles. The second-order valence-corrected chi connectivity index (χ2v) is 8.26. The van der Waals surface area contributed by atoms with Crippen LogP contribution in [-0.4, -0.2) is 24.7 Å². The van der Waals surface area contributed by atoms with Gasteiger partial charge in [-0.25, -0.2) is 0 Å². The van der Waals surface area contributed by atoms with Crippen molar-refractivity contribution in [3.8, 4) is 5.75 Å². The van der Waals surface area contributed by atoms with Crippen LogP contribution in [-0.2, 0) is 17.8 Å². The zero-order valence-electron chi connectivity index (χ0n) is 18.7. The van der Waals surface area contributed by atoms with Crippen LogP contribution in [0.1, 0.15) is 35.3 Å². The minimum Gasteiger partial charge on any atom is -0.492 e. The van der Waals surface area contributed by atoms with E-state index in [4.69, 9.17) is 13.9 Å². The largest absolute Gasteiger partial charge is 0.492 e. The van der Waals surface area contributed by atoms with Gasteiger partial charge in [0.25, 0.3) is 0 Å². The molecular weight excluding hydrogens is 414 g/mol. The molecule has 0 N–H and O–H groups in total. The van der Waals surface area contributed by atoms with Gasteiger partial charge in [0, 0.05) is 37.4 Å².